The van der Waals surface area contributed by atoms with Crippen LogP contribution >= 0.6 is 31.9 Å². The van der Waals surface area contributed by atoms with Gasteiger partial charge in [0.1, 0.15) is 0 Å². The molecule has 2 aliphatic rings. The number of nitrogens with one attached hydrogen (secondary N) is 2. The van der Waals surface area contributed by atoms with Gasteiger partial charge in [-0.2, -0.15) is 0 Å². The van der Waals surface area contributed by atoms with Crippen molar-refractivity contribution in [3.8, 4) is 0 Å². The van der Waals surface area contributed by atoms with E-state index in [0.29, 0.717) is 4.83 Å². The van der Waals surface area contributed by atoms with Crippen LogP contribution in [0.1, 0.15) is 29.7 Å². The van der Waals surface area contributed by atoms with Crippen LogP contribution in [0.15, 0.2) is 21.4 Å². The summed E-state index contributed by atoms with van der Waals surface area (Å²) in [5.74, 6) is 2.60. The Kier molecular flexibility index (Phi) is 2.71. The van der Waals surface area contributed by atoms with Gasteiger partial charge in [-0.3, -0.25) is 0 Å². The van der Waals surface area contributed by atoms with Crippen LogP contribution < -0.4 is 5.69 Å². The SMILES string of the molecule is O=c1[nH]c2cc(Br)c(C(Br)C3C4CCCC43)cc2[nH]1. The van der Waals surface area contributed by atoms with E-state index in [4.69, 9.17) is 0 Å². The maximum atomic E-state index is 11.3. The molecule has 100 valence electrons. The van der Waals surface area contributed by atoms with Gasteiger partial charge in [0.25, 0.3) is 0 Å². The molecule has 19 heavy (non-hydrogen) atoms. The Morgan fingerprint density at radius 1 is 1.16 bits per heavy atom. The summed E-state index contributed by atoms with van der Waals surface area (Å²) in [6.07, 6.45) is 4.17. The minimum Gasteiger partial charge on any atom is -0.306 e. The summed E-state index contributed by atoms with van der Waals surface area (Å²) in [6, 6.07) is 4.08. The molecule has 0 saturated heterocycles. The smallest absolute Gasteiger partial charge is 0.306 e. The van der Waals surface area contributed by atoms with Crippen molar-refractivity contribution >= 4 is 42.9 Å². The Morgan fingerprint density at radius 2 is 1.79 bits per heavy atom. The van der Waals surface area contributed by atoms with E-state index in [1.165, 1.54) is 24.8 Å². The molecule has 0 amide bonds. The normalized spacial score (nSPS) is 30.5. The Hall–Kier alpha value is -0.550. The summed E-state index contributed by atoms with van der Waals surface area (Å²) in [7, 11) is 0. The number of aromatic nitrogens is 2. The number of fused-ring (bicyclic) bond motifs is 2. The number of benzene rings is 1. The molecule has 0 spiro atoms. The van der Waals surface area contributed by atoms with E-state index in [-0.39, 0.29) is 5.69 Å². The van der Waals surface area contributed by atoms with Crippen LogP contribution in [0, 0.1) is 17.8 Å². The molecular weight excluding hydrogens is 372 g/mol. The number of hydrogen-bond acceptors (Lipinski definition) is 1. The molecule has 0 bridgehead atoms. The highest BCUT2D eigenvalue weighted by atomic mass is 79.9. The molecule has 2 saturated carbocycles. The van der Waals surface area contributed by atoms with Crippen molar-refractivity contribution in [3.05, 3.63) is 32.7 Å². The zero-order chi connectivity index (χ0) is 13.1. The predicted molar refractivity (Wildman–Crippen MR) is 82.6 cm³/mol. The summed E-state index contributed by atoms with van der Waals surface area (Å²) in [4.78, 5) is 17.4. The topological polar surface area (TPSA) is 48.6 Å². The third-order valence-electron chi connectivity index (χ3n) is 4.74. The highest BCUT2D eigenvalue weighted by Gasteiger charge is 2.55. The standard InChI is InChI=1S/C14H14Br2N2O/c15-9-5-11-10(17-14(19)18-11)4-8(9)13(16)12-6-2-1-3-7(6)12/h4-7,12-13H,1-3H2,(H2,17,18,19). The largest absolute Gasteiger partial charge is 0.323 e. The van der Waals surface area contributed by atoms with Crippen molar-refractivity contribution in [1.82, 2.24) is 9.97 Å². The molecule has 1 aromatic carbocycles. The lowest BCUT2D eigenvalue weighted by Gasteiger charge is -2.14. The third kappa shape index (κ3) is 1.85. The monoisotopic (exact) mass is 384 g/mol. The first-order chi connectivity index (χ1) is 9.15. The van der Waals surface area contributed by atoms with Crippen molar-refractivity contribution in [2.75, 3.05) is 0 Å². The number of rotatable bonds is 2. The van der Waals surface area contributed by atoms with Gasteiger partial charge in [0, 0.05) is 9.30 Å². The van der Waals surface area contributed by atoms with E-state index in [0.717, 1.165) is 33.3 Å². The predicted octanol–water partition coefficient (Wildman–Crippen LogP) is 4.10. The van der Waals surface area contributed by atoms with Gasteiger partial charge in [-0.05, 0) is 48.3 Å². The Labute approximate surface area is 127 Å². The van der Waals surface area contributed by atoms with Crippen molar-refractivity contribution in [2.24, 2.45) is 17.8 Å². The Bertz CT molecular complexity index is 695. The number of aromatic amines is 2. The number of H-pyrrole nitrogens is 2. The highest BCUT2D eigenvalue weighted by Crippen LogP contribution is 2.64. The van der Waals surface area contributed by atoms with E-state index >= 15 is 0 Å². The van der Waals surface area contributed by atoms with Crippen LogP contribution in [-0.2, 0) is 0 Å². The molecule has 1 aromatic heterocycles. The maximum absolute atomic E-state index is 11.3. The maximum Gasteiger partial charge on any atom is 0.323 e. The second-order valence-corrected chi connectivity index (χ2v) is 7.58. The molecule has 0 aliphatic heterocycles. The lowest BCUT2D eigenvalue weighted by Crippen LogP contribution is -1.99. The molecule has 2 fully saturated rings. The van der Waals surface area contributed by atoms with Crippen LogP contribution in [0.2, 0.25) is 0 Å². The average molecular weight is 386 g/mol. The van der Waals surface area contributed by atoms with Gasteiger partial charge in [0.2, 0.25) is 0 Å². The van der Waals surface area contributed by atoms with E-state index in [9.17, 15) is 4.79 Å². The number of alkyl halides is 1. The first-order valence-corrected chi connectivity index (χ1v) is 8.41. The molecular formula is C14H14Br2N2O. The van der Waals surface area contributed by atoms with Crippen LogP contribution in [0.4, 0.5) is 0 Å². The first kappa shape index (κ1) is 12.2. The zero-order valence-electron chi connectivity index (χ0n) is 10.2. The summed E-state index contributed by atoms with van der Waals surface area (Å²) in [5.41, 5.74) is 2.85. The molecule has 3 atom stereocenters. The average Bonchev–Trinajstić information content (AvgIpc) is 2.72. The highest BCUT2D eigenvalue weighted by molar-refractivity contribution is 9.11. The van der Waals surface area contributed by atoms with Gasteiger partial charge in [0.15, 0.2) is 0 Å². The summed E-state index contributed by atoms with van der Waals surface area (Å²) < 4.78 is 1.07. The second kappa shape index (κ2) is 4.22. The Balaban J connectivity index is 1.73. The van der Waals surface area contributed by atoms with Gasteiger partial charge in [-0.1, -0.05) is 38.3 Å². The minimum atomic E-state index is -0.145. The molecule has 5 heteroatoms. The van der Waals surface area contributed by atoms with Gasteiger partial charge < -0.3 is 9.97 Å². The zero-order valence-corrected chi connectivity index (χ0v) is 13.4. The molecule has 2 aromatic rings. The summed E-state index contributed by atoms with van der Waals surface area (Å²) in [5, 5.41) is 0. The van der Waals surface area contributed by atoms with Crippen molar-refractivity contribution < 1.29 is 0 Å². The fourth-order valence-electron chi connectivity index (χ4n) is 3.80. The lowest BCUT2D eigenvalue weighted by atomic mass is 10.0. The van der Waals surface area contributed by atoms with Gasteiger partial charge in [0.05, 0.1) is 11.0 Å². The van der Waals surface area contributed by atoms with Gasteiger partial charge in [-0.15, -0.1) is 0 Å². The van der Waals surface area contributed by atoms with Crippen LogP contribution in [0.3, 0.4) is 0 Å². The van der Waals surface area contributed by atoms with E-state index in [1.54, 1.807) is 0 Å². The quantitative estimate of drug-likeness (QED) is 0.751. The van der Waals surface area contributed by atoms with Gasteiger partial charge in [-0.25, -0.2) is 4.79 Å². The molecule has 0 radical (unpaired) electrons. The third-order valence-corrected chi connectivity index (χ3v) is 6.53. The van der Waals surface area contributed by atoms with Crippen LogP contribution in [-0.4, -0.2) is 9.97 Å². The number of imidazole rings is 1. The number of halogens is 2. The molecule has 2 N–H and O–H groups in total. The summed E-state index contributed by atoms with van der Waals surface area (Å²) in [6.45, 7) is 0. The van der Waals surface area contributed by atoms with Crippen molar-refractivity contribution in [2.45, 2.75) is 24.1 Å². The molecule has 3 nitrogen and oxygen atoms in total. The van der Waals surface area contributed by atoms with Crippen molar-refractivity contribution in [3.63, 3.8) is 0 Å². The van der Waals surface area contributed by atoms with Gasteiger partial charge >= 0.3 is 5.69 Å². The van der Waals surface area contributed by atoms with E-state index in [2.05, 4.69) is 47.9 Å². The Morgan fingerprint density at radius 3 is 2.47 bits per heavy atom. The molecule has 3 unspecified atom stereocenters. The summed E-state index contributed by atoms with van der Waals surface area (Å²) >= 11 is 7.52. The fourth-order valence-corrected chi connectivity index (χ4v) is 5.86. The van der Waals surface area contributed by atoms with E-state index in [1.807, 2.05) is 6.07 Å². The molecule has 1 heterocycles. The lowest BCUT2D eigenvalue weighted by molar-refractivity contribution is 0.582. The minimum absolute atomic E-state index is 0.145. The van der Waals surface area contributed by atoms with E-state index < -0.39 is 0 Å². The van der Waals surface area contributed by atoms with Crippen LogP contribution in [0.5, 0.6) is 0 Å². The number of hydrogen-bond donors (Lipinski definition) is 2. The second-order valence-electron chi connectivity index (χ2n) is 5.74. The molecule has 2 aliphatic carbocycles. The van der Waals surface area contributed by atoms with Crippen molar-refractivity contribution in [1.29, 1.82) is 0 Å². The molecule has 4 rings (SSSR count). The fraction of sp³-hybridized carbons (Fsp3) is 0.500. The van der Waals surface area contributed by atoms with Crippen LogP contribution in [0.25, 0.3) is 11.0 Å². The first-order valence-electron chi connectivity index (χ1n) is 6.70.